The topological polar surface area (TPSA) is 0 Å². The molecule has 0 bridgehead atoms. The van der Waals surface area contributed by atoms with Gasteiger partial charge in [0.1, 0.15) is 0 Å². The smallest absolute Gasteiger partial charge is 0.00859 e. The summed E-state index contributed by atoms with van der Waals surface area (Å²) >= 11 is 0. The van der Waals surface area contributed by atoms with Crippen molar-refractivity contribution in [3.8, 4) is 12.3 Å². The molecule has 0 unspecified atom stereocenters. The maximum absolute atomic E-state index is 4.96. The normalized spacial score (nSPS) is 6.29. The zero-order chi connectivity index (χ0) is 4.83. The molecule has 0 spiro atoms. The predicted octanol–water partition coefficient (Wildman–Crippen LogP) is 1.43. The molecule has 0 heterocycles. The van der Waals surface area contributed by atoms with Crippen molar-refractivity contribution in [3.05, 3.63) is 0 Å². The van der Waals surface area contributed by atoms with Crippen molar-refractivity contribution < 1.29 is 0 Å². The summed E-state index contributed by atoms with van der Waals surface area (Å²) < 4.78 is 0. The van der Waals surface area contributed by atoms with Gasteiger partial charge < -0.3 is 0 Å². The van der Waals surface area contributed by atoms with E-state index in [1.54, 1.807) is 0 Å². The van der Waals surface area contributed by atoms with Crippen LogP contribution in [0.3, 0.4) is 0 Å². The number of hydrogen-bond donors (Lipinski definition) is 0. The summed E-state index contributed by atoms with van der Waals surface area (Å²) in [4.78, 5) is 0. The minimum Gasteiger partial charge on any atom is -0.120 e. The summed E-state index contributed by atoms with van der Waals surface area (Å²) in [5.74, 6) is 2.57. The summed E-state index contributed by atoms with van der Waals surface area (Å²) in [5.41, 5.74) is 0. The summed E-state index contributed by atoms with van der Waals surface area (Å²) in [6.45, 7) is 2.14. The third kappa shape index (κ3) is 10.7. The summed E-state index contributed by atoms with van der Waals surface area (Å²) in [6, 6.07) is 0. The van der Waals surface area contributed by atoms with Crippen molar-refractivity contribution in [1.82, 2.24) is 0 Å². The molecule has 0 atom stereocenters. The van der Waals surface area contributed by atoms with E-state index in [0.717, 1.165) is 6.42 Å². The molecule has 0 fully saturated rings. The van der Waals surface area contributed by atoms with Crippen molar-refractivity contribution in [1.29, 1.82) is 0 Å². The van der Waals surface area contributed by atoms with Crippen LogP contribution in [0.1, 0.15) is 26.2 Å². The standard InChI is InChI=1S/C6H10.Li/c1-3-5-6-4-2;/h1H,4-6H2,2H3;. The Morgan fingerprint density at radius 3 is 2.29 bits per heavy atom. The first-order valence-electron chi connectivity index (χ1n) is 2.35. The molecule has 0 rings (SSSR count). The van der Waals surface area contributed by atoms with Gasteiger partial charge in [0, 0.05) is 25.3 Å². The molecule has 0 aromatic carbocycles. The van der Waals surface area contributed by atoms with Gasteiger partial charge in [-0.15, -0.1) is 12.3 Å². The zero-order valence-electron chi connectivity index (χ0n) is 5.20. The van der Waals surface area contributed by atoms with Crippen LogP contribution < -0.4 is 0 Å². The minimum atomic E-state index is 0. The van der Waals surface area contributed by atoms with Crippen molar-refractivity contribution in [3.63, 3.8) is 0 Å². The van der Waals surface area contributed by atoms with E-state index in [4.69, 9.17) is 6.42 Å². The van der Waals surface area contributed by atoms with Gasteiger partial charge in [-0.1, -0.05) is 13.3 Å². The van der Waals surface area contributed by atoms with Crippen LogP contribution in [-0.2, 0) is 0 Å². The van der Waals surface area contributed by atoms with Gasteiger partial charge in [0.15, 0.2) is 0 Å². The van der Waals surface area contributed by atoms with Gasteiger partial charge in [-0.3, -0.25) is 0 Å². The molecule has 0 aliphatic carbocycles. The molecule has 1 heteroatoms. The number of hydrogen-bond acceptors (Lipinski definition) is 0. The summed E-state index contributed by atoms with van der Waals surface area (Å²) in [7, 11) is 0. The summed E-state index contributed by atoms with van der Waals surface area (Å²) in [5, 5.41) is 0. The Morgan fingerprint density at radius 1 is 1.57 bits per heavy atom. The van der Waals surface area contributed by atoms with Crippen LogP contribution in [0.25, 0.3) is 0 Å². The molecule has 0 aromatic rings. The quantitative estimate of drug-likeness (QED) is 0.273. The van der Waals surface area contributed by atoms with E-state index < -0.39 is 0 Å². The maximum atomic E-state index is 4.96. The SMILES string of the molecule is C#CCCCC.[Li]. The van der Waals surface area contributed by atoms with Crippen LogP contribution in [0.2, 0.25) is 0 Å². The second kappa shape index (κ2) is 9.48. The first kappa shape index (κ1) is 10.2. The van der Waals surface area contributed by atoms with Gasteiger partial charge in [-0.25, -0.2) is 0 Å². The fourth-order valence-electron chi connectivity index (χ4n) is 0.279. The number of unbranched alkanes of at least 4 members (excludes halogenated alkanes) is 2. The fourth-order valence-corrected chi connectivity index (χ4v) is 0.279. The number of terminal acetylenes is 1. The second-order valence-electron chi connectivity index (χ2n) is 1.31. The van der Waals surface area contributed by atoms with E-state index >= 15 is 0 Å². The molecule has 0 N–H and O–H groups in total. The zero-order valence-corrected chi connectivity index (χ0v) is 5.20. The second-order valence-corrected chi connectivity index (χ2v) is 1.31. The summed E-state index contributed by atoms with van der Waals surface area (Å²) in [6.07, 6.45) is 8.30. The van der Waals surface area contributed by atoms with E-state index in [9.17, 15) is 0 Å². The van der Waals surface area contributed by atoms with Gasteiger partial charge in [0.2, 0.25) is 0 Å². The molecule has 0 aliphatic heterocycles. The van der Waals surface area contributed by atoms with Crippen molar-refractivity contribution in [2.75, 3.05) is 0 Å². The Kier molecular flexibility index (Phi) is 13.8. The Balaban J connectivity index is 0. The van der Waals surface area contributed by atoms with E-state index in [-0.39, 0.29) is 18.9 Å². The van der Waals surface area contributed by atoms with Gasteiger partial charge in [0.25, 0.3) is 0 Å². The molecule has 0 amide bonds. The molecule has 0 aromatic heterocycles. The molecule has 35 valence electrons. The molecule has 1 radical (unpaired) electrons. The Morgan fingerprint density at radius 2 is 2.14 bits per heavy atom. The van der Waals surface area contributed by atoms with Crippen LogP contribution in [0.15, 0.2) is 0 Å². The van der Waals surface area contributed by atoms with Crippen LogP contribution in [0.5, 0.6) is 0 Å². The molecular weight excluding hydrogens is 79.0 g/mol. The fraction of sp³-hybridized carbons (Fsp3) is 0.667. The van der Waals surface area contributed by atoms with Crippen molar-refractivity contribution in [2.24, 2.45) is 0 Å². The van der Waals surface area contributed by atoms with Crippen LogP contribution in [0.4, 0.5) is 0 Å². The average Bonchev–Trinajstić information content (AvgIpc) is 1.61. The average molecular weight is 89.1 g/mol. The van der Waals surface area contributed by atoms with E-state index in [1.807, 2.05) is 0 Å². The molecule has 0 saturated carbocycles. The molecule has 0 aliphatic rings. The van der Waals surface area contributed by atoms with Crippen LogP contribution >= 0.6 is 0 Å². The molecular formula is C6H10Li. The van der Waals surface area contributed by atoms with Crippen LogP contribution in [-0.4, -0.2) is 18.9 Å². The predicted molar refractivity (Wildman–Crippen MR) is 34.1 cm³/mol. The van der Waals surface area contributed by atoms with E-state index in [1.165, 1.54) is 12.8 Å². The van der Waals surface area contributed by atoms with Gasteiger partial charge in [-0.2, -0.15) is 0 Å². The monoisotopic (exact) mass is 89.1 g/mol. The largest absolute Gasteiger partial charge is 0.120 e. The Hall–Kier alpha value is 0.157. The van der Waals surface area contributed by atoms with E-state index in [2.05, 4.69) is 12.8 Å². The first-order chi connectivity index (χ1) is 2.91. The molecule has 0 saturated heterocycles. The molecule has 7 heavy (non-hydrogen) atoms. The van der Waals surface area contributed by atoms with Gasteiger partial charge in [0.05, 0.1) is 0 Å². The Labute approximate surface area is 57.9 Å². The minimum absolute atomic E-state index is 0. The third-order valence-corrected chi connectivity index (χ3v) is 0.675. The maximum Gasteiger partial charge on any atom is 0.00859 e. The number of rotatable bonds is 2. The van der Waals surface area contributed by atoms with E-state index in [0.29, 0.717) is 0 Å². The third-order valence-electron chi connectivity index (χ3n) is 0.675. The molecule has 0 nitrogen and oxygen atoms in total. The van der Waals surface area contributed by atoms with Gasteiger partial charge in [-0.05, 0) is 6.42 Å². The van der Waals surface area contributed by atoms with Crippen molar-refractivity contribution >= 4 is 18.9 Å². The first-order valence-corrected chi connectivity index (χ1v) is 2.35. The van der Waals surface area contributed by atoms with Crippen molar-refractivity contribution in [2.45, 2.75) is 26.2 Å². The van der Waals surface area contributed by atoms with Gasteiger partial charge >= 0.3 is 0 Å². The Bertz CT molecular complexity index is 51.7. The van der Waals surface area contributed by atoms with Crippen LogP contribution in [0, 0.1) is 12.3 Å².